The number of aromatic nitrogens is 1. The summed E-state index contributed by atoms with van der Waals surface area (Å²) < 4.78 is 32.0. The van der Waals surface area contributed by atoms with Gasteiger partial charge in [-0.1, -0.05) is 26.0 Å². The Morgan fingerprint density at radius 1 is 1.16 bits per heavy atom. The number of nitrogens with one attached hydrogen (secondary N) is 1. The molecule has 0 unspecified atom stereocenters. The van der Waals surface area contributed by atoms with Crippen molar-refractivity contribution in [3.05, 3.63) is 53.4 Å². The lowest BCUT2D eigenvalue weighted by atomic mass is 10.2. The molecule has 0 aliphatic heterocycles. The SMILES string of the molecule is CCOc1cc(/C=N/Nc2nc(-c3ccc(S(=O)(=O)N(CC)CC)cc3)cs2)ccc1O. The summed E-state index contributed by atoms with van der Waals surface area (Å²) in [7, 11) is -3.48. The summed E-state index contributed by atoms with van der Waals surface area (Å²) in [5.41, 5.74) is 5.19. The fourth-order valence-corrected chi connectivity index (χ4v) is 5.14. The maximum atomic E-state index is 12.6. The van der Waals surface area contributed by atoms with Crippen molar-refractivity contribution in [3.8, 4) is 22.8 Å². The molecule has 0 radical (unpaired) electrons. The van der Waals surface area contributed by atoms with E-state index in [9.17, 15) is 13.5 Å². The maximum Gasteiger partial charge on any atom is 0.243 e. The van der Waals surface area contributed by atoms with E-state index in [-0.39, 0.29) is 10.6 Å². The van der Waals surface area contributed by atoms with E-state index in [2.05, 4.69) is 15.5 Å². The van der Waals surface area contributed by atoms with Crippen LogP contribution >= 0.6 is 11.3 Å². The van der Waals surface area contributed by atoms with Crippen molar-refractivity contribution < 1.29 is 18.3 Å². The molecule has 0 atom stereocenters. The molecule has 10 heteroatoms. The molecule has 2 aromatic carbocycles. The third-order valence-corrected chi connectivity index (χ3v) is 7.47. The number of anilines is 1. The third kappa shape index (κ3) is 5.45. The molecule has 0 amide bonds. The van der Waals surface area contributed by atoms with Gasteiger partial charge in [-0.25, -0.2) is 13.4 Å². The molecule has 0 fully saturated rings. The minimum atomic E-state index is -3.48. The first kappa shape index (κ1) is 23.7. The van der Waals surface area contributed by atoms with Crippen LogP contribution in [0.3, 0.4) is 0 Å². The molecule has 1 heterocycles. The van der Waals surface area contributed by atoms with Crippen LogP contribution in [0.15, 0.2) is 57.8 Å². The molecule has 0 spiro atoms. The van der Waals surface area contributed by atoms with Gasteiger partial charge >= 0.3 is 0 Å². The van der Waals surface area contributed by atoms with Gasteiger partial charge in [0.1, 0.15) is 0 Å². The molecule has 170 valence electrons. The lowest BCUT2D eigenvalue weighted by Gasteiger charge is -2.18. The number of hydrazone groups is 1. The Morgan fingerprint density at radius 2 is 1.88 bits per heavy atom. The Labute approximate surface area is 192 Å². The smallest absolute Gasteiger partial charge is 0.243 e. The fraction of sp³-hybridized carbons (Fsp3) is 0.273. The predicted molar refractivity (Wildman–Crippen MR) is 128 cm³/mol. The van der Waals surface area contributed by atoms with Crippen LogP contribution in [0.2, 0.25) is 0 Å². The number of phenols is 1. The van der Waals surface area contributed by atoms with E-state index in [0.717, 1.165) is 16.8 Å². The summed E-state index contributed by atoms with van der Waals surface area (Å²) >= 11 is 1.39. The molecule has 0 aliphatic carbocycles. The van der Waals surface area contributed by atoms with Gasteiger partial charge < -0.3 is 9.84 Å². The van der Waals surface area contributed by atoms with Crippen molar-refractivity contribution in [1.29, 1.82) is 0 Å². The highest BCUT2D eigenvalue weighted by Gasteiger charge is 2.21. The molecule has 0 bridgehead atoms. The van der Waals surface area contributed by atoms with Gasteiger partial charge in [-0.3, -0.25) is 5.43 Å². The Balaban J connectivity index is 1.68. The van der Waals surface area contributed by atoms with Crippen molar-refractivity contribution in [3.63, 3.8) is 0 Å². The first-order valence-electron chi connectivity index (χ1n) is 10.2. The van der Waals surface area contributed by atoms with Crippen LogP contribution in [0.1, 0.15) is 26.3 Å². The molecule has 2 N–H and O–H groups in total. The van der Waals surface area contributed by atoms with E-state index in [1.165, 1.54) is 15.6 Å². The van der Waals surface area contributed by atoms with Gasteiger partial charge in [0, 0.05) is 24.0 Å². The van der Waals surface area contributed by atoms with Crippen molar-refractivity contribution in [2.45, 2.75) is 25.7 Å². The number of ether oxygens (including phenoxy) is 1. The monoisotopic (exact) mass is 474 g/mol. The van der Waals surface area contributed by atoms with E-state index in [1.807, 2.05) is 26.2 Å². The van der Waals surface area contributed by atoms with Gasteiger partial charge in [-0.2, -0.15) is 9.41 Å². The van der Waals surface area contributed by atoms with E-state index in [0.29, 0.717) is 30.6 Å². The number of thiazole rings is 1. The Morgan fingerprint density at radius 3 is 2.53 bits per heavy atom. The molecular weight excluding hydrogens is 448 g/mol. The van der Waals surface area contributed by atoms with Gasteiger partial charge in [0.2, 0.25) is 15.2 Å². The lowest BCUT2D eigenvalue weighted by Crippen LogP contribution is -2.30. The van der Waals surface area contributed by atoms with Crippen LogP contribution < -0.4 is 10.2 Å². The number of sulfonamides is 1. The topological polar surface area (TPSA) is 104 Å². The summed E-state index contributed by atoms with van der Waals surface area (Å²) in [4.78, 5) is 4.77. The molecular formula is C22H26N4O4S2. The number of hydrogen-bond donors (Lipinski definition) is 2. The molecule has 0 aliphatic rings. The van der Waals surface area contributed by atoms with Gasteiger partial charge in [-0.05, 0) is 42.8 Å². The molecule has 8 nitrogen and oxygen atoms in total. The average molecular weight is 475 g/mol. The van der Waals surface area contributed by atoms with Crippen LogP contribution in [0.5, 0.6) is 11.5 Å². The maximum absolute atomic E-state index is 12.6. The molecule has 0 saturated carbocycles. The van der Waals surface area contributed by atoms with Gasteiger partial charge in [0.25, 0.3) is 0 Å². The number of aromatic hydroxyl groups is 1. The lowest BCUT2D eigenvalue weighted by molar-refractivity contribution is 0.318. The number of hydrogen-bond acceptors (Lipinski definition) is 8. The predicted octanol–water partition coefficient (Wildman–Crippen LogP) is 4.39. The molecule has 0 saturated heterocycles. The third-order valence-electron chi connectivity index (χ3n) is 4.65. The van der Waals surface area contributed by atoms with E-state index >= 15 is 0 Å². The highest BCUT2D eigenvalue weighted by molar-refractivity contribution is 7.89. The van der Waals surface area contributed by atoms with E-state index in [1.54, 1.807) is 48.7 Å². The average Bonchev–Trinajstić information content (AvgIpc) is 3.26. The molecule has 3 rings (SSSR count). The number of benzene rings is 2. The summed E-state index contributed by atoms with van der Waals surface area (Å²) in [5.74, 6) is 0.483. The normalized spacial score (nSPS) is 11.9. The number of nitrogens with zero attached hydrogens (tertiary/aromatic N) is 3. The second-order valence-electron chi connectivity index (χ2n) is 6.68. The Kier molecular flexibility index (Phi) is 7.84. The van der Waals surface area contributed by atoms with Crippen molar-refractivity contribution >= 4 is 32.7 Å². The van der Waals surface area contributed by atoms with Crippen LogP contribution in [-0.2, 0) is 10.0 Å². The van der Waals surface area contributed by atoms with Gasteiger partial charge in [0.15, 0.2) is 11.5 Å². The highest BCUT2D eigenvalue weighted by atomic mass is 32.2. The first-order chi connectivity index (χ1) is 15.4. The number of rotatable bonds is 10. The van der Waals surface area contributed by atoms with Crippen LogP contribution in [0.25, 0.3) is 11.3 Å². The number of phenolic OH excluding ortho intramolecular Hbond substituents is 1. The van der Waals surface area contributed by atoms with E-state index < -0.39 is 10.0 Å². The minimum Gasteiger partial charge on any atom is -0.504 e. The van der Waals surface area contributed by atoms with Crippen LogP contribution in [-0.4, -0.2) is 48.7 Å². The van der Waals surface area contributed by atoms with Gasteiger partial charge in [-0.15, -0.1) is 11.3 Å². The van der Waals surface area contributed by atoms with E-state index in [4.69, 9.17) is 4.74 Å². The zero-order chi connectivity index (χ0) is 23.1. The summed E-state index contributed by atoms with van der Waals surface area (Å²) in [5, 5.41) is 16.4. The molecule has 3 aromatic rings. The Bertz CT molecular complexity index is 1170. The second kappa shape index (κ2) is 10.6. The summed E-state index contributed by atoms with van der Waals surface area (Å²) in [6.07, 6.45) is 1.61. The Hall–Kier alpha value is -2.95. The standard InChI is InChI=1S/C22H26N4O4S2/c1-4-26(5-2)32(28,29)18-10-8-17(9-11-18)19-15-31-22(24-19)25-23-14-16-7-12-20(27)21(13-16)30-6-3/h7-15,27H,4-6H2,1-3H3,(H,24,25)/b23-14+. The van der Waals surface area contributed by atoms with Crippen LogP contribution in [0.4, 0.5) is 5.13 Å². The zero-order valence-corrected chi connectivity index (χ0v) is 19.8. The summed E-state index contributed by atoms with van der Waals surface area (Å²) in [6, 6.07) is 11.7. The fourth-order valence-electron chi connectivity index (χ4n) is 3.01. The van der Waals surface area contributed by atoms with Crippen LogP contribution in [0, 0.1) is 0 Å². The zero-order valence-electron chi connectivity index (χ0n) is 18.1. The van der Waals surface area contributed by atoms with Gasteiger partial charge in [0.05, 0.1) is 23.4 Å². The van der Waals surface area contributed by atoms with Crippen molar-refractivity contribution in [2.24, 2.45) is 5.10 Å². The van der Waals surface area contributed by atoms with Crippen molar-refractivity contribution in [1.82, 2.24) is 9.29 Å². The second-order valence-corrected chi connectivity index (χ2v) is 9.48. The summed E-state index contributed by atoms with van der Waals surface area (Å²) in [6.45, 7) is 6.80. The highest BCUT2D eigenvalue weighted by Crippen LogP contribution is 2.28. The molecule has 32 heavy (non-hydrogen) atoms. The largest absolute Gasteiger partial charge is 0.504 e. The quantitative estimate of drug-likeness (QED) is 0.334. The van der Waals surface area contributed by atoms with Crippen molar-refractivity contribution in [2.75, 3.05) is 25.1 Å². The first-order valence-corrected chi connectivity index (χ1v) is 12.5. The minimum absolute atomic E-state index is 0.0810. The molecule has 1 aromatic heterocycles.